The van der Waals surface area contributed by atoms with E-state index in [4.69, 9.17) is 20.4 Å². The van der Waals surface area contributed by atoms with Gasteiger partial charge in [0.2, 0.25) is 17.7 Å². The molecule has 19 nitrogen and oxygen atoms in total. The van der Waals surface area contributed by atoms with Crippen LogP contribution in [-0.4, -0.2) is 150 Å². The van der Waals surface area contributed by atoms with Crippen molar-refractivity contribution in [2.45, 2.75) is 79.6 Å². The van der Waals surface area contributed by atoms with Gasteiger partial charge in [0.15, 0.2) is 11.5 Å². The second-order valence-corrected chi connectivity index (χ2v) is 22.2. The van der Waals surface area contributed by atoms with Crippen LogP contribution in [0.1, 0.15) is 76.9 Å². The van der Waals surface area contributed by atoms with Gasteiger partial charge in [-0.2, -0.15) is 0 Å². The maximum Gasteiger partial charge on any atom is 0.274 e. The Morgan fingerprint density at radius 3 is 2.32 bits per heavy atom. The van der Waals surface area contributed by atoms with Crippen molar-refractivity contribution >= 4 is 70.0 Å². The van der Waals surface area contributed by atoms with Crippen LogP contribution in [0.25, 0.3) is 0 Å². The van der Waals surface area contributed by atoms with E-state index in [1.165, 1.54) is 11.8 Å². The van der Waals surface area contributed by atoms with Crippen molar-refractivity contribution in [3.05, 3.63) is 113 Å². The molecule has 0 radical (unpaired) electrons. The average Bonchev–Trinajstić information content (AvgIpc) is 4.16. The molecular weight excluding hydrogens is 990 g/mol. The summed E-state index contributed by atoms with van der Waals surface area (Å²) in [5, 5.41) is 14.9. The number of ether oxygens (including phenoxy) is 1. The molecule has 1 spiro atoms. The molecule has 5 aromatic rings. The number of hydrogen-bond donors (Lipinski definition) is 3. The summed E-state index contributed by atoms with van der Waals surface area (Å²) in [5.74, 6) is -0.372. The Hall–Kier alpha value is -7.23. The van der Waals surface area contributed by atoms with Gasteiger partial charge in [-0.05, 0) is 110 Å². The number of imide groups is 1. The molecule has 5 atom stereocenters. The van der Waals surface area contributed by atoms with Crippen LogP contribution >= 0.6 is 11.8 Å². The highest BCUT2D eigenvalue weighted by Gasteiger charge is 2.48. The zero-order valence-corrected chi connectivity index (χ0v) is 43.1. The third kappa shape index (κ3) is 9.79. The first-order chi connectivity index (χ1) is 36.9. The fourth-order valence-electron chi connectivity index (χ4n) is 11.9. The number of halogens is 1. The van der Waals surface area contributed by atoms with Gasteiger partial charge < -0.3 is 45.2 Å². The van der Waals surface area contributed by atoms with Gasteiger partial charge in [0.1, 0.15) is 22.7 Å². The van der Waals surface area contributed by atoms with Crippen molar-refractivity contribution in [3.63, 3.8) is 0 Å². The molecule has 21 heteroatoms. The lowest BCUT2D eigenvalue weighted by Crippen LogP contribution is -2.52. The van der Waals surface area contributed by atoms with E-state index in [-0.39, 0.29) is 71.0 Å². The lowest BCUT2D eigenvalue weighted by molar-refractivity contribution is -0.137. The van der Waals surface area contributed by atoms with Gasteiger partial charge in [-0.3, -0.25) is 29.3 Å². The van der Waals surface area contributed by atoms with Gasteiger partial charge in [-0.15, -0.1) is 10.2 Å². The van der Waals surface area contributed by atoms with E-state index < -0.39 is 11.9 Å². The molecule has 7 aliphatic rings. The molecule has 3 aromatic carbocycles. The van der Waals surface area contributed by atoms with Crippen LogP contribution in [0.3, 0.4) is 0 Å². The van der Waals surface area contributed by atoms with Gasteiger partial charge in [-0.25, -0.2) is 14.4 Å². The first-order valence-corrected chi connectivity index (χ1v) is 27.2. The molecule has 4 N–H and O–H groups in total. The smallest absolute Gasteiger partial charge is 0.274 e. The predicted octanol–water partition coefficient (Wildman–Crippen LogP) is 4.68. The molecule has 5 saturated heterocycles. The maximum absolute atomic E-state index is 15.8. The van der Waals surface area contributed by atoms with Gasteiger partial charge in [-0.1, -0.05) is 23.9 Å². The highest BCUT2D eigenvalue weighted by Crippen LogP contribution is 2.49. The molecule has 1 unspecified atom stereocenters. The summed E-state index contributed by atoms with van der Waals surface area (Å²) in [6.45, 7) is 9.26. The van der Waals surface area contributed by atoms with Crippen molar-refractivity contribution in [2.75, 3.05) is 97.0 Å². The van der Waals surface area contributed by atoms with Crippen LogP contribution in [0.5, 0.6) is 0 Å². The number of aromatic nitrogens is 4. The van der Waals surface area contributed by atoms with Crippen LogP contribution in [0.2, 0.25) is 0 Å². The largest absolute Gasteiger partial charge is 0.376 e. The van der Waals surface area contributed by atoms with E-state index >= 15 is 4.39 Å². The normalized spacial score (nSPS) is 24.2. The van der Waals surface area contributed by atoms with E-state index in [9.17, 15) is 24.0 Å². The molecule has 1 aliphatic carbocycles. The summed E-state index contributed by atoms with van der Waals surface area (Å²) < 4.78 is 21.7. The number of carbonyl (C=O) groups excluding carboxylic acids is 5. The Morgan fingerprint density at radius 2 is 1.61 bits per heavy atom. The predicted molar refractivity (Wildman–Crippen MR) is 283 cm³/mol. The summed E-state index contributed by atoms with van der Waals surface area (Å²) in [5.41, 5.74) is 11.2. The van der Waals surface area contributed by atoms with Crippen molar-refractivity contribution < 1.29 is 33.1 Å². The second kappa shape index (κ2) is 20.4. The quantitative estimate of drug-likeness (QED) is 0.153. The highest BCUT2D eigenvalue weighted by atomic mass is 32.2. The monoisotopic (exact) mass is 1050 g/mol. The molecule has 12 rings (SSSR count). The highest BCUT2D eigenvalue weighted by molar-refractivity contribution is 7.99. The number of nitrogens with two attached hydrogens (primary N) is 1. The molecule has 76 heavy (non-hydrogen) atoms. The van der Waals surface area contributed by atoms with Crippen molar-refractivity contribution in [1.29, 1.82) is 0 Å². The van der Waals surface area contributed by atoms with E-state index in [1.54, 1.807) is 34.2 Å². The third-order valence-electron chi connectivity index (χ3n) is 16.6. The molecule has 6 aliphatic heterocycles. The Balaban J connectivity index is 0.580. The van der Waals surface area contributed by atoms with E-state index in [0.717, 1.165) is 65.1 Å². The zero-order chi connectivity index (χ0) is 52.2. The van der Waals surface area contributed by atoms with Crippen molar-refractivity contribution in [1.82, 2.24) is 35.3 Å². The standard InChI is InChI=1S/C55H60FN13O6S/c1-33-50(57)55(32-75-33)13-15-66(16-14-55)47-29-59-49(30-58-47)76-38-4-2-3-36(27-38)60-51(71)41-28-40(41)34-5-9-44(42(56)26-34)65-19-21-67(22-20-65)46-11-8-43(62-63-46)54(74)68-23-17-64(18-24-68)37-6-7-39-35(25-37)31-69(53(39)73)45-10-12-48(70)61-52(45)72/h2-9,11,25-27,29-30,33,40-41,45,50H,10,12-24,28,31-32,57H2,1H3,(H,60,71)(H,61,70,72)/t33-,40+,41-,45?,50+/m0/s1. The Morgan fingerprint density at radius 1 is 0.829 bits per heavy atom. The molecular formula is C55H60FN13O6S. The van der Waals surface area contributed by atoms with Crippen molar-refractivity contribution in [2.24, 2.45) is 17.1 Å². The minimum atomic E-state index is -0.668. The third-order valence-corrected chi connectivity index (χ3v) is 17.6. The number of hydrogen-bond acceptors (Lipinski definition) is 16. The average molecular weight is 1050 g/mol. The van der Waals surface area contributed by atoms with Crippen LogP contribution in [-0.2, 0) is 25.7 Å². The van der Waals surface area contributed by atoms with Crippen LogP contribution in [0.4, 0.5) is 33.1 Å². The topological polar surface area (TPSA) is 216 Å². The Bertz CT molecular complexity index is 3070. The van der Waals surface area contributed by atoms with Crippen LogP contribution in [0, 0.1) is 17.2 Å². The number of rotatable bonds is 11. The molecule has 394 valence electrons. The van der Waals surface area contributed by atoms with E-state index in [2.05, 4.69) is 42.5 Å². The van der Waals surface area contributed by atoms with Gasteiger partial charge in [0, 0.05) is 118 Å². The summed E-state index contributed by atoms with van der Waals surface area (Å²) >= 11 is 1.48. The lowest BCUT2D eigenvalue weighted by atomic mass is 9.73. The Kier molecular flexibility index (Phi) is 13.3. The number of amides is 5. The molecule has 0 bridgehead atoms. The van der Waals surface area contributed by atoms with Gasteiger partial charge in [0.25, 0.3) is 11.8 Å². The lowest BCUT2D eigenvalue weighted by Gasteiger charge is -2.41. The van der Waals surface area contributed by atoms with Gasteiger partial charge >= 0.3 is 0 Å². The van der Waals surface area contributed by atoms with Crippen LogP contribution in [0.15, 0.2) is 95.1 Å². The zero-order valence-electron chi connectivity index (χ0n) is 42.3. The SMILES string of the molecule is C[C@@H]1OCC2(CCN(c3cnc(Sc4cccc(NC(=O)[C@H]5C[C@@H]5c5ccc(N6CCN(c7ccc(C(=O)N8CCN(c9ccc%10c(c9)CN(C9CCC(=O)NC9=O)C%10=O)CC8)nn7)CC6)c(F)c5)c4)cn3)CC2)[C@@H]1N. The fraction of sp³-hybridized carbons (Fsp3) is 0.436. The number of carbonyl (C=O) groups is 5. The number of nitrogens with one attached hydrogen (secondary N) is 2. The molecule has 6 fully saturated rings. The summed E-state index contributed by atoms with van der Waals surface area (Å²) in [6.07, 6.45) is 6.81. The molecule has 8 heterocycles. The molecule has 5 amide bonds. The van der Waals surface area contributed by atoms with Crippen LogP contribution < -0.4 is 36.0 Å². The number of nitrogens with zero attached hydrogens (tertiary/aromatic N) is 10. The number of fused-ring (bicyclic) bond motifs is 1. The van der Waals surface area contributed by atoms with Gasteiger partial charge in [0.05, 0.1) is 30.8 Å². The minimum Gasteiger partial charge on any atom is -0.376 e. The number of anilines is 5. The van der Waals surface area contributed by atoms with Crippen molar-refractivity contribution in [3.8, 4) is 0 Å². The second-order valence-electron chi connectivity index (χ2n) is 21.2. The number of piperidine rings is 2. The summed E-state index contributed by atoms with van der Waals surface area (Å²) in [4.78, 5) is 86.5. The maximum atomic E-state index is 15.8. The van der Waals surface area contributed by atoms with E-state index in [1.807, 2.05) is 65.7 Å². The first kappa shape index (κ1) is 49.6. The number of piperazine rings is 2. The summed E-state index contributed by atoms with van der Waals surface area (Å²) in [7, 11) is 0. The Labute approximate surface area is 443 Å². The fourth-order valence-corrected chi connectivity index (χ4v) is 12.7. The summed E-state index contributed by atoms with van der Waals surface area (Å²) in [6, 6.07) is 21.6. The van der Waals surface area contributed by atoms with E-state index in [0.29, 0.717) is 94.5 Å². The minimum absolute atomic E-state index is 0.0452. The number of benzene rings is 3. The first-order valence-electron chi connectivity index (χ1n) is 26.3. The molecule has 1 saturated carbocycles. The molecule has 2 aromatic heterocycles.